The van der Waals surface area contributed by atoms with Crippen LogP contribution in [0.15, 0.2) is 48.5 Å². The Bertz CT molecular complexity index is 861. The van der Waals surface area contributed by atoms with E-state index in [9.17, 15) is 14.4 Å². The third kappa shape index (κ3) is 4.53. The maximum Gasteiger partial charge on any atom is 0.251 e. The fourth-order valence-electron chi connectivity index (χ4n) is 3.03. The van der Waals surface area contributed by atoms with E-state index < -0.39 is 6.04 Å². The van der Waals surface area contributed by atoms with E-state index in [0.717, 1.165) is 24.2 Å². The largest absolute Gasteiger partial charge is 0.341 e. The molecule has 2 aromatic carbocycles. The molecule has 0 unspecified atom stereocenters. The number of aryl methyl sites for hydroxylation is 1. The topological polar surface area (TPSA) is 78.5 Å². The maximum atomic E-state index is 12.3. The summed E-state index contributed by atoms with van der Waals surface area (Å²) in [5.74, 6) is -0.468. The van der Waals surface area contributed by atoms with E-state index in [-0.39, 0.29) is 17.7 Å². The van der Waals surface area contributed by atoms with E-state index in [1.54, 1.807) is 36.1 Å². The Morgan fingerprint density at radius 2 is 1.85 bits per heavy atom. The quantitative estimate of drug-likeness (QED) is 0.855. The van der Waals surface area contributed by atoms with Gasteiger partial charge in [0.1, 0.15) is 6.04 Å². The van der Waals surface area contributed by atoms with E-state index in [0.29, 0.717) is 17.7 Å². The van der Waals surface area contributed by atoms with Gasteiger partial charge in [-0.05, 0) is 56.7 Å². The van der Waals surface area contributed by atoms with Crippen LogP contribution in [0.5, 0.6) is 0 Å². The van der Waals surface area contributed by atoms with Crippen molar-refractivity contribution in [3.63, 3.8) is 0 Å². The first kappa shape index (κ1) is 18.6. The summed E-state index contributed by atoms with van der Waals surface area (Å²) in [6.07, 6.45) is 1.45. The molecule has 1 aliphatic rings. The van der Waals surface area contributed by atoms with E-state index in [1.165, 1.54) is 0 Å². The molecule has 6 heteroatoms. The van der Waals surface area contributed by atoms with Gasteiger partial charge < -0.3 is 15.5 Å². The van der Waals surface area contributed by atoms with Crippen molar-refractivity contribution < 1.29 is 14.4 Å². The molecule has 0 radical (unpaired) electrons. The minimum atomic E-state index is -0.683. The summed E-state index contributed by atoms with van der Waals surface area (Å²) in [7, 11) is 0. The zero-order valence-corrected chi connectivity index (χ0v) is 15.5. The molecule has 0 spiro atoms. The van der Waals surface area contributed by atoms with Crippen molar-refractivity contribution in [2.45, 2.75) is 32.7 Å². The smallest absolute Gasteiger partial charge is 0.251 e. The number of rotatable bonds is 5. The minimum Gasteiger partial charge on any atom is -0.341 e. The number of benzene rings is 2. The second-order valence-corrected chi connectivity index (χ2v) is 6.75. The molecule has 0 aromatic heterocycles. The van der Waals surface area contributed by atoms with Gasteiger partial charge in [-0.3, -0.25) is 14.4 Å². The lowest BCUT2D eigenvalue weighted by Crippen LogP contribution is -2.41. The van der Waals surface area contributed by atoms with Crippen LogP contribution in [0.25, 0.3) is 0 Å². The summed E-state index contributed by atoms with van der Waals surface area (Å²) in [4.78, 5) is 38.1. The van der Waals surface area contributed by atoms with Gasteiger partial charge in [0, 0.05) is 29.9 Å². The molecule has 2 N–H and O–H groups in total. The SMILES string of the molecule is Cc1cccc(C(=O)N[C@H](C)C(=O)Nc2ccc(N3CCCC3=O)cc2)c1. The Labute approximate surface area is 158 Å². The van der Waals surface area contributed by atoms with Gasteiger partial charge >= 0.3 is 0 Å². The number of nitrogens with one attached hydrogen (secondary N) is 2. The Kier molecular flexibility index (Phi) is 5.54. The lowest BCUT2D eigenvalue weighted by Gasteiger charge is -2.17. The molecule has 1 heterocycles. The van der Waals surface area contributed by atoms with Crippen LogP contribution < -0.4 is 15.5 Å². The molecule has 3 amide bonds. The van der Waals surface area contributed by atoms with Gasteiger partial charge in [-0.1, -0.05) is 17.7 Å². The first-order valence-electron chi connectivity index (χ1n) is 9.03. The van der Waals surface area contributed by atoms with Crippen molar-refractivity contribution in [3.8, 4) is 0 Å². The molecule has 0 aliphatic carbocycles. The second-order valence-electron chi connectivity index (χ2n) is 6.75. The van der Waals surface area contributed by atoms with E-state index in [1.807, 2.05) is 31.2 Å². The van der Waals surface area contributed by atoms with Crippen LogP contribution in [0.4, 0.5) is 11.4 Å². The lowest BCUT2D eigenvalue weighted by molar-refractivity contribution is -0.118. The average Bonchev–Trinajstić information content (AvgIpc) is 3.08. The van der Waals surface area contributed by atoms with Gasteiger partial charge in [-0.2, -0.15) is 0 Å². The Morgan fingerprint density at radius 3 is 2.48 bits per heavy atom. The van der Waals surface area contributed by atoms with Crippen molar-refractivity contribution in [2.75, 3.05) is 16.8 Å². The predicted octanol–water partition coefficient (Wildman–Crippen LogP) is 2.88. The average molecular weight is 365 g/mol. The molecule has 2 aromatic rings. The number of hydrogen-bond donors (Lipinski definition) is 2. The van der Waals surface area contributed by atoms with Crippen molar-refractivity contribution in [2.24, 2.45) is 0 Å². The fraction of sp³-hybridized carbons (Fsp3) is 0.286. The standard InChI is InChI=1S/C21H23N3O3/c1-14-5-3-6-16(13-14)21(27)22-15(2)20(26)23-17-8-10-18(11-9-17)24-12-4-7-19(24)25/h3,5-6,8-11,13,15H,4,7,12H2,1-2H3,(H,22,27)(H,23,26)/t15-/m1/s1. The molecule has 1 saturated heterocycles. The van der Waals surface area contributed by atoms with Gasteiger partial charge in [-0.15, -0.1) is 0 Å². The molecular formula is C21H23N3O3. The van der Waals surface area contributed by atoms with Gasteiger partial charge in [0.15, 0.2) is 0 Å². The lowest BCUT2D eigenvalue weighted by atomic mass is 10.1. The zero-order valence-electron chi connectivity index (χ0n) is 15.5. The van der Waals surface area contributed by atoms with Crippen molar-refractivity contribution in [1.29, 1.82) is 0 Å². The van der Waals surface area contributed by atoms with Crippen LogP contribution in [0, 0.1) is 6.92 Å². The number of nitrogens with zero attached hydrogens (tertiary/aromatic N) is 1. The summed E-state index contributed by atoms with van der Waals surface area (Å²) in [5, 5.41) is 5.48. The summed E-state index contributed by atoms with van der Waals surface area (Å²) in [6, 6.07) is 13.7. The Morgan fingerprint density at radius 1 is 1.11 bits per heavy atom. The molecule has 0 saturated carbocycles. The first-order valence-corrected chi connectivity index (χ1v) is 9.03. The third-order valence-corrected chi connectivity index (χ3v) is 4.54. The molecule has 140 valence electrons. The molecule has 1 aliphatic heterocycles. The van der Waals surface area contributed by atoms with Crippen LogP contribution >= 0.6 is 0 Å². The molecule has 27 heavy (non-hydrogen) atoms. The van der Waals surface area contributed by atoms with Gasteiger partial charge in [-0.25, -0.2) is 0 Å². The normalized spacial score (nSPS) is 14.7. The van der Waals surface area contributed by atoms with Crippen molar-refractivity contribution in [3.05, 3.63) is 59.7 Å². The maximum absolute atomic E-state index is 12.3. The van der Waals surface area contributed by atoms with E-state index >= 15 is 0 Å². The highest BCUT2D eigenvalue weighted by atomic mass is 16.2. The monoisotopic (exact) mass is 365 g/mol. The highest BCUT2D eigenvalue weighted by Crippen LogP contribution is 2.23. The number of anilines is 2. The molecular weight excluding hydrogens is 342 g/mol. The highest BCUT2D eigenvalue weighted by molar-refractivity contribution is 6.01. The molecule has 3 rings (SSSR count). The predicted molar refractivity (Wildman–Crippen MR) is 105 cm³/mol. The number of carbonyl (C=O) groups is 3. The summed E-state index contributed by atoms with van der Waals surface area (Å²) in [6.45, 7) is 4.28. The van der Waals surface area contributed by atoms with Gasteiger partial charge in [0.2, 0.25) is 11.8 Å². The molecule has 0 bridgehead atoms. The van der Waals surface area contributed by atoms with Gasteiger partial charge in [0.25, 0.3) is 5.91 Å². The van der Waals surface area contributed by atoms with Crippen LogP contribution in [-0.2, 0) is 9.59 Å². The van der Waals surface area contributed by atoms with Crippen LogP contribution in [0.2, 0.25) is 0 Å². The van der Waals surface area contributed by atoms with Crippen molar-refractivity contribution >= 4 is 29.1 Å². The van der Waals surface area contributed by atoms with Crippen LogP contribution in [-0.4, -0.2) is 30.3 Å². The van der Waals surface area contributed by atoms with E-state index in [4.69, 9.17) is 0 Å². The Balaban J connectivity index is 1.57. The molecule has 6 nitrogen and oxygen atoms in total. The van der Waals surface area contributed by atoms with Crippen LogP contribution in [0.3, 0.4) is 0 Å². The van der Waals surface area contributed by atoms with Gasteiger partial charge in [0.05, 0.1) is 0 Å². The zero-order chi connectivity index (χ0) is 19.4. The van der Waals surface area contributed by atoms with Crippen molar-refractivity contribution in [1.82, 2.24) is 5.32 Å². The van der Waals surface area contributed by atoms with Crippen LogP contribution in [0.1, 0.15) is 35.7 Å². The number of amides is 3. The van der Waals surface area contributed by atoms with E-state index in [2.05, 4.69) is 10.6 Å². The second kappa shape index (κ2) is 8.03. The fourth-order valence-corrected chi connectivity index (χ4v) is 3.03. The number of carbonyl (C=O) groups excluding carboxylic acids is 3. The highest BCUT2D eigenvalue weighted by Gasteiger charge is 2.22. The first-order chi connectivity index (χ1) is 12.9. The Hall–Kier alpha value is -3.15. The summed E-state index contributed by atoms with van der Waals surface area (Å²) in [5.41, 5.74) is 2.95. The number of hydrogen-bond acceptors (Lipinski definition) is 3. The third-order valence-electron chi connectivity index (χ3n) is 4.54. The molecule has 1 atom stereocenters. The summed E-state index contributed by atoms with van der Waals surface area (Å²) < 4.78 is 0. The molecule has 1 fully saturated rings. The minimum absolute atomic E-state index is 0.124. The summed E-state index contributed by atoms with van der Waals surface area (Å²) >= 11 is 0.